The minimum Gasteiger partial charge on any atom is -0.369 e. The first-order chi connectivity index (χ1) is 5.61. The molecule has 0 radical (unpaired) electrons. The second-order valence-electron chi connectivity index (χ2n) is 4.72. The molecule has 2 aliphatic carbocycles. The van der Waals surface area contributed by atoms with Gasteiger partial charge >= 0.3 is 0 Å². The summed E-state index contributed by atoms with van der Waals surface area (Å²) in [5, 5.41) is 0. The maximum atomic E-state index is 11.0. The molecule has 0 bridgehead atoms. The van der Waals surface area contributed by atoms with Crippen molar-refractivity contribution < 1.29 is 4.79 Å². The van der Waals surface area contributed by atoms with E-state index in [1.807, 2.05) is 0 Å². The van der Waals surface area contributed by atoms with E-state index >= 15 is 0 Å². The van der Waals surface area contributed by atoms with Crippen molar-refractivity contribution in [3.63, 3.8) is 0 Å². The highest BCUT2D eigenvalue weighted by molar-refractivity contribution is 5.80. The lowest BCUT2D eigenvalue weighted by Gasteiger charge is -2.22. The van der Waals surface area contributed by atoms with Crippen molar-refractivity contribution in [3.8, 4) is 0 Å². The van der Waals surface area contributed by atoms with Gasteiger partial charge in [0.2, 0.25) is 5.91 Å². The zero-order valence-corrected chi connectivity index (χ0v) is 7.79. The summed E-state index contributed by atoms with van der Waals surface area (Å²) in [5.41, 5.74) is 5.33. The standard InChI is InChI=1S/C10H17NO/c1-5-3-6(2)8-7(4-5)9(8)10(11)12/h5-9H,3-4H2,1-2H3,(H2,11,12). The number of amides is 1. The van der Waals surface area contributed by atoms with Crippen LogP contribution in [0, 0.1) is 29.6 Å². The lowest BCUT2D eigenvalue weighted by atomic mass is 9.84. The second-order valence-corrected chi connectivity index (χ2v) is 4.72. The van der Waals surface area contributed by atoms with Crippen molar-refractivity contribution in [2.24, 2.45) is 35.3 Å². The molecule has 2 heteroatoms. The maximum absolute atomic E-state index is 11.0. The molecular formula is C10H17NO. The van der Waals surface area contributed by atoms with E-state index in [1.165, 1.54) is 12.8 Å². The summed E-state index contributed by atoms with van der Waals surface area (Å²) in [6.45, 7) is 4.54. The van der Waals surface area contributed by atoms with E-state index < -0.39 is 0 Å². The molecule has 0 spiro atoms. The molecule has 2 fully saturated rings. The third-order valence-corrected chi connectivity index (χ3v) is 3.66. The molecule has 5 unspecified atom stereocenters. The van der Waals surface area contributed by atoms with Crippen LogP contribution in [0.15, 0.2) is 0 Å². The van der Waals surface area contributed by atoms with Crippen molar-refractivity contribution in [1.29, 1.82) is 0 Å². The van der Waals surface area contributed by atoms with Crippen LogP contribution in [0.1, 0.15) is 26.7 Å². The Kier molecular flexibility index (Phi) is 1.67. The van der Waals surface area contributed by atoms with Crippen LogP contribution in [-0.2, 0) is 4.79 Å². The topological polar surface area (TPSA) is 43.1 Å². The Morgan fingerprint density at radius 3 is 2.58 bits per heavy atom. The number of fused-ring (bicyclic) bond motifs is 1. The number of nitrogens with two attached hydrogens (primary N) is 1. The fourth-order valence-corrected chi connectivity index (χ4v) is 3.23. The van der Waals surface area contributed by atoms with Gasteiger partial charge < -0.3 is 5.73 Å². The Morgan fingerprint density at radius 1 is 1.33 bits per heavy atom. The first-order valence-electron chi connectivity index (χ1n) is 4.90. The molecule has 2 N–H and O–H groups in total. The van der Waals surface area contributed by atoms with E-state index in [4.69, 9.17) is 5.73 Å². The lowest BCUT2D eigenvalue weighted by molar-refractivity contribution is -0.119. The molecule has 2 rings (SSSR count). The van der Waals surface area contributed by atoms with E-state index in [2.05, 4.69) is 13.8 Å². The zero-order chi connectivity index (χ0) is 8.88. The summed E-state index contributed by atoms with van der Waals surface area (Å²) in [6.07, 6.45) is 2.51. The van der Waals surface area contributed by atoms with Crippen LogP contribution in [0.2, 0.25) is 0 Å². The van der Waals surface area contributed by atoms with Gasteiger partial charge in [-0.05, 0) is 36.5 Å². The number of hydrogen-bond acceptors (Lipinski definition) is 1. The SMILES string of the molecule is CC1CC(C)C2C(C1)C2C(N)=O. The zero-order valence-electron chi connectivity index (χ0n) is 7.79. The predicted octanol–water partition coefficient (Wildman–Crippen LogP) is 1.40. The van der Waals surface area contributed by atoms with Gasteiger partial charge in [-0.25, -0.2) is 0 Å². The second kappa shape index (κ2) is 2.48. The minimum atomic E-state index is -0.0639. The summed E-state index contributed by atoms with van der Waals surface area (Å²) in [5.74, 6) is 2.96. The summed E-state index contributed by atoms with van der Waals surface area (Å²) >= 11 is 0. The van der Waals surface area contributed by atoms with Gasteiger partial charge in [0.25, 0.3) is 0 Å². The molecule has 68 valence electrons. The third kappa shape index (κ3) is 1.05. The van der Waals surface area contributed by atoms with E-state index in [0.717, 1.165) is 11.8 Å². The number of rotatable bonds is 1. The van der Waals surface area contributed by atoms with Crippen LogP contribution in [0.3, 0.4) is 0 Å². The van der Waals surface area contributed by atoms with E-state index in [0.29, 0.717) is 11.8 Å². The first-order valence-corrected chi connectivity index (χ1v) is 4.90. The molecule has 1 amide bonds. The maximum Gasteiger partial charge on any atom is 0.221 e. The van der Waals surface area contributed by atoms with Crippen molar-refractivity contribution in [2.75, 3.05) is 0 Å². The summed E-state index contributed by atoms with van der Waals surface area (Å²) in [7, 11) is 0. The Labute approximate surface area is 73.5 Å². The Hall–Kier alpha value is -0.530. The van der Waals surface area contributed by atoms with Gasteiger partial charge in [0, 0.05) is 5.92 Å². The molecule has 5 atom stereocenters. The Morgan fingerprint density at radius 2 is 2.00 bits per heavy atom. The van der Waals surface area contributed by atoms with Crippen LogP contribution in [-0.4, -0.2) is 5.91 Å². The van der Waals surface area contributed by atoms with Gasteiger partial charge in [0.15, 0.2) is 0 Å². The van der Waals surface area contributed by atoms with Crippen LogP contribution in [0.5, 0.6) is 0 Å². The summed E-state index contributed by atoms with van der Waals surface area (Å²) in [4.78, 5) is 11.0. The van der Waals surface area contributed by atoms with Gasteiger partial charge in [0.1, 0.15) is 0 Å². The average molecular weight is 167 g/mol. The van der Waals surface area contributed by atoms with Crippen LogP contribution in [0.25, 0.3) is 0 Å². The van der Waals surface area contributed by atoms with Gasteiger partial charge in [-0.3, -0.25) is 4.79 Å². The fourth-order valence-electron chi connectivity index (χ4n) is 3.23. The Bertz CT molecular complexity index is 214. The van der Waals surface area contributed by atoms with Gasteiger partial charge in [0.05, 0.1) is 0 Å². The molecule has 2 saturated carbocycles. The van der Waals surface area contributed by atoms with Crippen molar-refractivity contribution in [2.45, 2.75) is 26.7 Å². The first kappa shape index (κ1) is 8.09. The van der Waals surface area contributed by atoms with Crippen LogP contribution < -0.4 is 5.73 Å². The molecule has 0 aromatic rings. The summed E-state index contributed by atoms with van der Waals surface area (Å²) < 4.78 is 0. The number of carbonyl (C=O) groups is 1. The third-order valence-electron chi connectivity index (χ3n) is 3.66. The molecule has 0 saturated heterocycles. The molecular weight excluding hydrogens is 150 g/mol. The number of hydrogen-bond donors (Lipinski definition) is 1. The van der Waals surface area contributed by atoms with E-state index in [1.54, 1.807) is 0 Å². The number of carbonyl (C=O) groups excluding carboxylic acids is 1. The fraction of sp³-hybridized carbons (Fsp3) is 0.900. The smallest absolute Gasteiger partial charge is 0.221 e. The highest BCUT2D eigenvalue weighted by atomic mass is 16.1. The minimum absolute atomic E-state index is 0.0639. The van der Waals surface area contributed by atoms with E-state index in [9.17, 15) is 4.79 Å². The van der Waals surface area contributed by atoms with Gasteiger partial charge in [-0.2, -0.15) is 0 Å². The van der Waals surface area contributed by atoms with Crippen molar-refractivity contribution in [1.82, 2.24) is 0 Å². The Balaban J connectivity index is 2.06. The molecule has 12 heavy (non-hydrogen) atoms. The molecule has 2 aliphatic rings. The van der Waals surface area contributed by atoms with Crippen LogP contribution >= 0.6 is 0 Å². The monoisotopic (exact) mass is 167 g/mol. The van der Waals surface area contributed by atoms with E-state index in [-0.39, 0.29) is 11.8 Å². The van der Waals surface area contributed by atoms with Crippen LogP contribution in [0.4, 0.5) is 0 Å². The molecule has 0 aliphatic heterocycles. The normalized spacial score (nSPS) is 51.3. The predicted molar refractivity (Wildman–Crippen MR) is 47.2 cm³/mol. The average Bonchev–Trinajstić information content (AvgIpc) is 2.60. The van der Waals surface area contributed by atoms with Crippen molar-refractivity contribution >= 4 is 5.91 Å². The van der Waals surface area contributed by atoms with Crippen molar-refractivity contribution in [3.05, 3.63) is 0 Å². The number of primary amides is 1. The summed E-state index contributed by atoms with van der Waals surface area (Å²) in [6, 6.07) is 0. The quantitative estimate of drug-likeness (QED) is 0.630. The molecule has 0 aromatic carbocycles. The highest BCUT2D eigenvalue weighted by Gasteiger charge is 2.58. The lowest BCUT2D eigenvalue weighted by Crippen LogP contribution is -2.16. The molecule has 2 nitrogen and oxygen atoms in total. The van der Waals surface area contributed by atoms with Gasteiger partial charge in [-0.1, -0.05) is 13.8 Å². The largest absolute Gasteiger partial charge is 0.369 e. The molecule has 0 aromatic heterocycles. The highest BCUT2D eigenvalue weighted by Crippen LogP contribution is 2.59. The molecule has 0 heterocycles. The van der Waals surface area contributed by atoms with Gasteiger partial charge in [-0.15, -0.1) is 0 Å².